The van der Waals surface area contributed by atoms with E-state index in [1.165, 1.54) is 50.6 Å². The maximum absolute atomic E-state index is 14.7. The quantitative estimate of drug-likeness (QED) is 0.539. The van der Waals surface area contributed by atoms with Crippen LogP contribution < -0.4 is 15.5 Å². The number of hydrogen-bond acceptors (Lipinski definition) is 6. The summed E-state index contributed by atoms with van der Waals surface area (Å²) in [6.45, 7) is 4.70. The zero-order chi connectivity index (χ0) is 24.8. The molecule has 186 valence electrons. The van der Waals surface area contributed by atoms with Gasteiger partial charge in [-0.05, 0) is 89.1 Å². The Labute approximate surface area is 205 Å². The summed E-state index contributed by atoms with van der Waals surface area (Å²) in [4.78, 5) is 13.9. The summed E-state index contributed by atoms with van der Waals surface area (Å²) in [7, 11) is 1.49. The number of benzene rings is 1. The highest BCUT2D eigenvalue weighted by atomic mass is 19.1. The van der Waals surface area contributed by atoms with Gasteiger partial charge in [-0.15, -0.1) is 10.2 Å². The normalized spacial score (nSPS) is 28.2. The SMILES string of the molecule is CNC(=O)/C=C/c1cc(O)c(-c2ccc(N(C3CC3)[C@H]3C[C@]4(C)CCC[C@](C)(C3)N4)nn2)cc1F. The number of nitrogens with zero attached hydrogens (tertiary/aromatic N) is 3. The van der Waals surface area contributed by atoms with Crippen molar-refractivity contribution < 1.29 is 14.3 Å². The van der Waals surface area contributed by atoms with E-state index in [2.05, 4.69) is 39.6 Å². The second kappa shape index (κ2) is 8.90. The molecule has 35 heavy (non-hydrogen) atoms. The number of halogens is 1. The molecule has 7 nitrogen and oxygen atoms in total. The molecule has 1 saturated carbocycles. The Balaban J connectivity index is 1.40. The van der Waals surface area contributed by atoms with E-state index in [1.54, 1.807) is 6.07 Å². The van der Waals surface area contributed by atoms with E-state index in [9.17, 15) is 14.3 Å². The molecule has 3 fully saturated rings. The minimum Gasteiger partial charge on any atom is -0.507 e. The van der Waals surface area contributed by atoms with Crippen LogP contribution in [0.4, 0.5) is 10.2 Å². The third-order valence-electron chi connectivity index (χ3n) is 7.73. The Morgan fingerprint density at radius 2 is 1.89 bits per heavy atom. The minimum atomic E-state index is -0.550. The van der Waals surface area contributed by atoms with Gasteiger partial charge in [-0.1, -0.05) is 0 Å². The van der Waals surface area contributed by atoms with E-state index in [0.717, 1.165) is 31.5 Å². The van der Waals surface area contributed by atoms with Crippen LogP contribution >= 0.6 is 0 Å². The lowest BCUT2D eigenvalue weighted by molar-refractivity contribution is -0.115. The number of hydrogen-bond donors (Lipinski definition) is 3. The fraction of sp³-hybridized carbons (Fsp3) is 0.519. The van der Waals surface area contributed by atoms with Crippen molar-refractivity contribution in [1.29, 1.82) is 0 Å². The largest absolute Gasteiger partial charge is 0.507 e. The molecule has 1 aromatic heterocycles. The van der Waals surface area contributed by atoms with Crippen LogP contribution in [0.15, 0.2) is 30.3 Å². The molecule has 0 radical (unpaired) electrons. The number of fused-ring (bicyclic) bond motifs is 2. The maximum Gasteiger partial charge on any atom is 0.243 e. The third-order valence-corrected chi connectivity index (χ3v) is 7.73. The molecule has 5 rings (SSSR count). The zero-order valence-corrected chi connectivity index (χ0v) is 20.6. The molecule has 3 N–H and O–H groups in total. The van der Waals surface area contributed by atoms with Gasteiger partial charge in [-0.3, -0.25) is 4.79 Å². The van der Waals surface area contributed by atoms with E-state index in [0.29, 0.717) is 17.8 Å². The average Bonchev–Trinajstić information content (AvgIpc) is 3.63. The lowest BCUT2D eigenvalue weighted by Gasteiger charge is -2.55. The first-order valence-electron chi connectivity index (χ1n) is 12.5. The number of nitrogens with one attached hydrogen (secondary N) is 2. The highest BCUT2D eigenvalue weighted by molar-refractivity contribution is 5.91. The van der Waals surface area contributed by atoms with Crippen molar-refractivity contribution in [3.63, 3.8) is 0 Å². The second-order valence-electron chi connectivity index (χ2n) is 10.9. The van der Waals surface area contributed by atoms with Gasteiger partial charge in [0.15, 0.2) is 5.82 Å². The summed E-state index contributed by atoms with van der Waals surface area (Å²) in [5, 5.41) is 25.8. The summed E-state index contributed by atoms with van der Waals surface area (Å²) >= 11 is 0. The van der Waals surface area contributed by atoms with Gasteiger partial charge in [0.05, 0.1) is 5.69 Å². The lowest BCUT2D eigenvalue weighted by Crippen LogP contribution is -2.67. The molecule has 2 bridgehead atoms. The first-order valence-corrected chi connectivity index (χ1v) is 12.5. The number of carbonyl (C=O) groups is 1. The van der Waals surface area contributed by atoms with E-state index >= 15 is 0 Å². The Morgan fingerprint density at radius 3 is 2.49 bits per heavy atom. The van der Waals surface area contributed by atoms with Crippen molar-refractivity contribution in [3.8, 4) is 17.0 Å². The molecule has 0 spiro atoms. The molecular weight excluding hydrogens is 445 g/mol. The van der Waals surface area contributed by atoms with Crippen LogP contribution in [0, 0.1) is 5.82 Å². The zero-order valence-electron chi connectivity index (χ0n) is 20.6. The van der Waals surface area contributed by atoms with Gasteiger partial charge < -0.3 is 20.6 Å². The highest BCUT2D eigenvalue weighted by Gasteiger charge is 2.49. The van der Waals surface area contributed by atoms with Crippen LogP contribution in [0.3, 0.4) is 0 Å². The van der Waals surface area contributed by atoms with Gasteiger partial charge in [-0.2, -0.15) is 0 Å². The number of amides is 1. The number of aromatic nitrogens is 2. The van der Waals surface area contributed by atoms with Crippen molar-refractivity contribution in [2.45, 2.75) is 82.0 Å². The molecule has 2 aromatic rings. The van der Waals surface area contributed by atoms with Gasteiger partial charge in [0.25, 0.3) is 0 Å². The molecule has 1 amide bonds. The molecule has 1 aromatic carbocycles. The number of anilines is 1. The fourth-order valence-electron chi connectivity index (χ4n) is 6.13. The number of phenols is 1. The Morgan fingerprint density at radius 1 is 1.17 bits per heavy atom. The summed E-state index contributed by atoms with van der Waals surface area (Å²) in [5.41, 5.74) is 1.09. The predicted octanol–water partition coefficient (Wildman–Crippen LogP) is 4.17. The fourth-order valence-corrected chi connectivity index (χ4v) is 6.13. The minimum absolute atomic E-state index is 0.115. The van der Waals surface area contributed by atoms with E-state index in [-0.39, 0.29) is 33.9 Å². The van der Waals surface area contributed by atoms with Crippen LogP contribution in [0.25, 0.3) is 17.3 Å². The number of aromatic hydroxyl groups is 1. The van der Waals surface area contributed by atoms with Crippen molar-refractivity contribution in [2.75, 3.05) is 11.9 Å². The average molecular weight is 480 g/mol. The molecule has 3 aliphatic rings. The topological polar surface area (TPSA) is 90.4 Å². The van der Waals surface area contributed by atoms with E-state index in [4.69, 9.17) is 0 Å². The molecule has 0 unspecified atom stereocenters. The van der Waals surface area contributed by atoms with Crippen molar-refractivity contribution in [1.82, 2.24) is 20.8 Å². The van der Waals surface area contributed by atoms with Crippen molar-refractivity contribution >= 4 is 17.8 Å². The van der Waals surface area contributed by atoms with Gasteiger partial charge in [0.2, 0.25) is 5.91 Å². The smallest absolute Gasteiger partial charge is 0.243 e. The molecule has 3 atom stereocenters. The Kier molecular flexibility index (Phi) is 6.03. The van der Waals surface area contributed by atoms with Gasteiger partial charge >= 0.3 is 0 Å². The van der Waals surface area contributed by atoms with Gasteiger partial charge in [0.1, 0.15) is 11.6 Å². The number of phenolic OH excluding ortho intramolecular Hbond substituents is 1. The van der Waals surface area contributed by atoms with Crippen LogP contribution in [0.1, 0.15) is 64.4 Å². The van der Waals surface area contributed by atoms with Crippen molar-refractivity contribution in [2.24, 2.45) is 0 Å². The molecule has 3 heterocycles. The summed E-state index contributed by atoms with van der Waals surface area (Å²) in [6.07, 6.45) is 10.7. The first-order chi connectivity index (χ1) is 16.7. The second-order valence-corrected chi connectivity index (χ2v) is 10.9. The van der Waals surface area contributed by atoms with E-state index < -0.39 is 5.82 Å². The van der Waals surface area contributed by atoms with Crippen molar-refractivity contribution in [3.05, 3.63) is 41.7 Å². The van der Waals surface area contributed by atoms with Crippen LogP contribution in [-0.2, 0) is 4.79 Å². The molecule has 1 aliphatic carbocycles. The molecule has 8 heteroatoms. The molecular formula is C27H34FN5O2. The predicted molar refractivity (Wildman–Crippen MR) is 135 cm³/mol. The van der Waals surface area contributed by atoms with E-state index in [1.807, 2.05) is 6.07 Å². The third kappa shape index (κ3) is 4.89. The van der Waals surface area contributed by atoms with Gasteiger partial charge in [-0.25, -0.2) is 4.39 Å². The molecule has 2 saturated heterocycles. The summed E-state index contributed by atoms with van der Waals surface area (Å²) in [6, 6.07) is 7.17. The maximum atomic E-state index is 14.7. The molecule has 2 aliphatic heterocycles. The summed E-state index contributed by atoms with van der Waals surface area (Å²) in [5.74, 6) is -0.171. The number of likely N-dealkylation sites (N-methyl/N-ethyl adjacent to an activating group) is 1. The number of carbonyl (C=O) groups excluding carboxylic acids is 1. The Bertz CT molecular complexity index is 1130. The highest BCUT2D eigenvalue weighted by Crippen LogP contribution is 2.45. The lowest BCUT2D eigenvalue weighted by atomic mass is 9.69. The monoisotopic (exact) mass is 479 g/mol. The number of rotatable bonds is 6. The van der Waals surface area contributed by atoms with Crippen LogP contribution in [0.5, 0.6) is 5.75 Å². The standard InChI is InChI=1S/C27H34FN5O2/c1-26-11-4-12-27(2,32-26)16-19(15-26)33(18-6-7-18)24-9-8-22(30-31-24)20-14-21(28)17(13-23(20)34)5-10-25(35)29-3/h5,8-10,13-14,18-19,32,34H,4,6-7,11-12,15-16H2,1-3H3,(H,29,35)/b10-5+/t19-,26-,27+. The first kappa shape index (κ1) is 23.7. The Hall–Kier alpha value is -3.00. The van der Waals surface area contributed by atoms with Crippen LogP contribution in [-0.4, -0.2) is 51.4 Å². The number of piperidine rings is 2. The summed E-state index contributed by atoms with van der Waals surface area (Å²) < 4.78 is 14.7. The van der Waals surface area contributed by atoms with Gasteiger partial charge in [0, 0.05) is 47.4 Å². The van der Waals surface area contributed by atoms with Crippen LogP contribution in [0.2, 0.25) is 0 Å².